The number of nitrogens with one attached hydrogen (secondary N) is 1. The predicted molar refractivity (Wildman–Crippen MR) is 77.5 cm³/mol. The first-order valence-electron chi connectivity index (χ1n) is 6.09. The topological polar surface area (TPSA) is 41.1 Å². The molecule has 2 aromatic rings. The molecule has 0 aromatic carbocycles. The van der Waals surface area contributed by atoms with E-state index in [4.69, 9.17) is 0 Å². The maximum absolute atomic E-state index is 4.52. The molecule has 0 atom stereocenters. The van der Waals surface area contributed by atoms with Crippen LogP contribution in [0.3, 0.4) is 0 Å². The Morgan fingerprint density at radius 1 is 1.39 bits per heavy atom. The van der Waals surface area contributed by atoms with Gasteiger partial charge in [-0.15, -0.1) is 11.3 Å². The molecule has 18 heavy (non-hydrogen) atoms. The molecule has 0 bridgehead atoms. The monoisotopic (exact) mass is 262 g/mol. The number of anilines is 2. The summed E-state index contributed by atoms with van der Waals surface area (Å²) in [6.45, 7) is 3.86. The molecule has 0 saturated carbocycles. The first-order chi connectivity index (χ1) is 8.79. The maximum Gasteiger partial charge on any atom is 0.149 e. The highest BCUT2D eigenvalue weighted by Crippen LogP contribution is 2.13. The van der Waals surface area contributed by atoms with E-state index < -0.39 is 0 Å². The molecule has 1 N–H and O–H groups in total. The zero-order chi connectivity index (χ0) is 12.8. The fraction of sp³-hybridized carbons (Fsp3) is 0.385. The number of nitrogens with zero attached hydrogens (tertiary/aromatic N) is 3. The second-order valence-electron chi connectivity index (χ2n) is 4.04. The van der Waals surface area contributed by atoms with Crippen molar-refractivity contribution in [3.8, 4) is 0 Å². The van der Waals surface area contributed by atoms with Gasteiger partial charge in [-0.2, -0.15) is 0 Å². The average Bonchev–Trinajstić information content (AvgIpc) is 2.90. The van der Waals surface area contributed by atoms with E-state index in [0.29, 0.717) is 0 Å². The zero-order valence-electron chi connectivity index (χ0n) is 10.8. The lowest BCUT2D eigenvalue weighted by atomic mass is 10.3. The van der Waals surface area contributed by atoms with Gasteiger partial charge in [-0.05, 0) is 24.8 Å². The lowest BCUT2D eigenvalue weighted by Crippen LogP contribution is -2.21. The summed E-state index contributed by atoms with van der Waals surface area (Å²) in [6, 6.07) is 4.25. The molecule has 4 nitrogen and oxygen atoms in total. The molecule has 2 rings (SSSR count). The second-order valence-corrected chi connectivity index (χ2v) is 5.08. The molecule has 0 saturated heterocycles. The Hall–Kier alpha value is -1.62. The summed E-state index contributed by atoms with van der Waals surface area (Å²) in [5, 5.41) is 5.29. The number of hydrogen-bond donors (Lipinski definition) is 1. The summed E-state index contributed by atoms with van der Waals surface area (Å²) < 4.78 is 0. The Labute approximate surface area is 112 Å². The number of hydrogen-bond acceptors (Lipinski definition) is 5. The highest BCUT2D eigenvalue weighted by Gasteiger charge is 2.04. The second kappa shape index (κ2) is 6.35. The Balaban J connectivity index is 1.95. The largest absolute Gasteiger partial charge is 0.369 e. The predicted octanol–water partition coefficient (Wildman–Crippen LogP) is 2.65. The molecule has 0 fully saturated rings. The summed E-state index contributed by atoms with van der Waals surface area (Å²) in [6.07, 6.45) is 4.59. The van der Waals surface area contributed by atoms with Crippen LogP contribution in [0.25, 0.3) is 0 Å². The van der Waals surface area contributed by atoms with Crippen LogP contribution >= 0.6 is 11.3 Å². The third kappa shape index (κ3) is 3.43. The van der Waals surface area contributed by atoms with Crippen LogP contribution in [-0.2, 0) is 6.42 Å². The Kier molecular flexibility index (Phi) is 4.52. The van der Waals surface area contributed by atoms with Crippen LogP contribution in [-0.4, -0.2) is 30.1 Å². The van der Waals surface area contributed by atoms with E-state index in [1.165, 1.54) is 4.88 Å². The SMILES string of the molecule is CCNc1cncc(N(C)CCc2cccs2)n1. The molecule has 0 aliphatic carbocycles. The molecule has 0 aliphatic heterocycles. The number of likely N-dealkylation sites (N-methyl/N-ethyl adjacent to an activating group) is 1. The van der Waals surface area contributed by atoms with Gasteiger partial charge in [0.1, 0.15) is 11.6 Å². The molecule has 2 aromatic heterocycles. The highest BCUT2D eigenvalue weighted by molar-refractivity contribution is 7.09. The highest BCUT2D eigenvalue weighted by atomic mass is 32.1. The fourth-order valence-electron chi connectivity index (χ4n) is 1.65. The molecule has 0 radical (unpaired) electrons. The zero-order valence-corrected chi connectivity index (χ0v) is 11.6. The van der Waals surface area contributed by atoms with E-state index in [1.54, 1.807) is 23.7 Å². The van der Waals surface area contributed by atoms with E-state index in [-0.39, 0.29) is 0 Å². The molecule has 5 heteroatoms. The summed E-state index contributed by atoms with van der Waals surface area (Å²) in [5.41, 5.74) is 0. The van der Waals surface area contributed by atoms with E-state index in [0.717, 1.165) is 31.1 Å². The summed E-state index contributed by atoms with van der Waals surface area (Å²) in [4.78, 5) is 12.3. The quantitative estimate of drug-likeness (QED) is 0.869. The van der Waals surface area contributed by atoms with Crippen molar-refractivity contribution in [3.63, 3.8) is 0 Å². The van der Waals surface area contributed by atoms with Gasteiger partial charge in [0.15, 0.2) is 0 Å². The smallest absolute Gasteiger partial charge is 0.149 e. The van der Waals surface area contributed by atoms with E-state index in [2.05, 4.69) is 44.6 Å². The van der Waals surface area contributed by atoms with Crippen molar-refractivity contribution < 1.29 is 0 Å². The molecule has 2 heterocycles. The van der Waals surface area contributed by atoms with Crippen LogP contribution in [0.2, 0.25) is 0 Å². The number of thiophene rings is 1. The van der Waals surface area contributed by atoms with Gasteiger partial charge in [-0.3, -0.25) is 4.98 Å². The average molecular weight is 262 g/mol. The van der Waals surface area contributed by atoms with E-state index in [9.17, 15) is 0 Å². The Bertz CT molecular complexity index is 470. The molecular weight excluding hydrogens is 244 g/mol. The van der Waals surface area contributed by atoms with Crippen LogP contribution in [0.15, 0.2) is 29.9 Å². The van der Waals surface area contributed by atoms with Crippen molar-refractivity contribution in [2.75, 3.05) is 30.4 Å². The molecule has 0 amide bonds. The number of aromatic nitrogens is 2. The first kappa shape index (κ1) is 12.8. The Morgan fingerprint density at radius 3 is 3.00 bits per heavy atom. The van der Waals surface area contributed by atoms with Gasteiger partial charge in [0, 0.05) is 25.0 Å². The Morgan fingerprint density at radius 2 is 2.28 bits per heavy atom. The third-order valence-electron chi connectivity index (χ3n) is 2.64. The summed E-state index contributed by atoms with van der Waals surface area (Å²) >= 11 is 1.80. The van der Waals surface area contributed by atoms with Crippen molar-refractivity contribution in [3.05, 3.63) is 34.8 Å². The van der Waals surface area contributed by atoms with E-state index in [1.807, 2.05) is 7.05 Å². The molecule has 0 aliphatic rings. The van der Waals surface area contributed by atoms with Gasteiger partial charge in [0.05, 0.1) is 12.4 Å². The summed E-state index contributed by atoms with van der Waals surface area (Å²) in [7, 11) is 2.05. The van der Waals surface area contributed by atoms with Gasteiger partial charge in [0.2, 0.25) is 0 Å². The van der Waals surface area contributed by atoms with Gasteiger partial charge in [0.25, 0.3) is 0 Å². The molecule has 96 valence electrons. The molecule has 0 spiro atoms. The van der Waals surface area contributed by atoms with Gasteiger partial charge in [-0.25, -0.2) is 4.98 Å². The van der Waals surface area contributed by atoms with Crippen LogP contribution in [0.5, 0.6) is 0 Å². The standard InChI is InChI=1S/C13H18N4S/c1-3-15-12-9-14-10-13(16-12)17(2)7-6-11-5-4-8-18-11/h4-5,8-10H,3,6-7H2,1-2H3,(H,15,16). The minimum absolute atomic E-state index is 0.831. The third-order valence-corrected chi connectivity index (χ3v) is 3.58. The van der Waals surface area contributed by atoms with Crippen molar-refractivity contribution in [1.29, 1.82) is 0 Å². The van der Waals surface area contributed by atoms with Crippen LogP contribution in [0.1, 0.15) is 11.8 Å². The van der Waals surface area contributed by atoms with Crippen LogP contribution in [0.4, 0.5) is 11.6 Å². The molecule has 0 unspecified atom stereocenters. The minimum Gasteiger partial charge on any atom is -0.369 e. The number of rotatable bonds is 6. The van der Waals surface area contributed by atoms with Crippen LogP contribution < -0.4 is 10.2 Å². The lowest BCUT2D eigenvalue weighted by molar-refractivity contribution is 0.863. The van der Waals surface area contributed by atoms with Crippen molar-refractivity contribution in [2.45, 2.75) is 13.3 Å². The normalized spacial score (nSPS) is 10.3. The maximum atomic E-state index is 4.52. The van der Waals surface area contributed by atoms with Crippen LogP contribution in [0, 0.1) is 0 Å². The van der Waals surface area contributed by atoms with Crippen molar-refractivity contribution in [2.24, 2.45) is 0 Å². The molecular formula is C13H18N4S. The minimum atomic E-state index is 0.831. The fourth-order valence-corrected chi connectivity index (χ4v) is 2.35. The summed E-state index contributed by atoms with van der Waals surface area (Å²) in [5.74, 6) is 1.74. The van der Waals surface area contributed by atoms with Gasteiger partial charge >= 0.3 is 0 Å². The van der Waals surface area contributed by atoms with Gasteiger partial charge in [-0.1, -0.05) is 6.07 Å². The first-order valence-corrected chi connectivity index (χ1v) is 6.97. The van der Waals surface area contributed by atoms with Crippen molar-refractivity contribution >= 4 is 23.0 Å². The van der Waals surface area contributed by atoms with Gasteiger partial charge < -0.3 is 10.2 Å². The van der Waals surface area contributed by atoms with Crippen molar-refractivity contribution in [1.82, 2.24) is 9.97 Å². The lowest BCUT2D eigenvalue weighted by Gasteiger charge is -2.17. The van der Waals surface area contributed by atoms with E-state index >= 15 is 0 Å².